The molecule has 0 saturated carbocycles. The van der Waals surface area contributed by atoms with Gasteiger partial charge in [0, 0.05) is 0 Å². The van der Waals surface area contributed by atoms with Gasteiger partial charge in [0.15, 0.2) is 0 Å². The van der Waals surface area contributed by atoms with E-state index in [4.69, 9.17) is 9.84 Å². The van der Waals surface area contributed by atoms with Crippen LogP contribution in [0.15, 0.2) is 42.5 Å². The van der Waals surface area contributed by atoms with Crippen molar-refractivity contribution >= 4 is 5.97 Å². The molecule has 1 N–H and O–H groups in total. The van der Waals surface area contributed by atoms with Crippen molar-refractivity contribution in [2.24, 2.45) is 0 Å². The van der Waals surface area contributed by atoms with Crippen molar-refractivity contribution in [1.82, 2.24) is 0 Å². The van der Waals surface area contributed by atoms with Gasteiger partial charge in [-0.25, -0.2) is 4.79 Å². The number of halogens is 3. The minimum Gasteiger partial charge on any atom is -0.478 e. The highest BCUT2D eigenvalue weighted by molar-refractivity contribution is 5.91. The zero-order valence-electron chi connectivity index (χ0n) is 10.9. The fraction of sp³-hybridized carbons (Fsp3) is 0.133. The average Bonchev–Trinajstić information content (AvgIpc) is 2.40. The van der Waals surface area contributed by atoms with Gasteiger partial charge in [-0.2, -0.15) is 13.2 Å². The van der Waals surface area contributed by atoms with Crippen molar-refractivity contribution in [2.75, 3.05) is 0 Å². The number of aromatic carboxylic acids is 1. The predicted molar refractivity (Wildman–Crippen MR) is 69.7 cm³/mol. The van der Waals surface area contributed by atoms with E-state index in [1.165, 1.54) is 0 Å². The van der Waals surface area contributed by atoms with E-state index in [1.54, 1.807) is 31.2 Å². The molecule has 0 aliphatic heterocycles. The van der Waals surface area contributed by atoms with Crippen LogP contribution in [0.3, 0.4) is 0 Å². The summed E-state index contributed by atoms with van der Waals surface area (Å²) < 4.78 is 43.3. The molecule has 0 spiro atoms. The molecular formula is C15H11F3O3. The monoisotopic (exact) mass is 296 g/mol. The Morgan fingerprint density at radius 3 is 2.33 bits per heavy atom. The summed E-state index contributed by atoms with van der Waals surface area (Å²) >= 11 is 0. The van der Waals surface area contributed by atoms with Crippen LogP contribution in [0.2, 0.25) is 0 Å². The zero-order valence-corrected chi connectivity index (χ0v) is 10.9. The van der Waals surface area contributed by atoms with E-state index in [0.717, 1.165) is 17.7 Å². The molecule has 0 aliphatic carbocycles. The number of hydrogen-bond acceptors (Lipinski definition) is 2. The quantitative estimate of drug-likeness (QED) is 0.906. The van der Waals surface area contributed by atoms with Crippen LogP contribution in [0.1, 0.15) is 21.5 Å². The standard InChI is InChI=1S/C15H11F3O3/c1-9-4-2-3-5-12(9)21-13-7-6-10(15(16,17)18)8-11(13)14(19)20/h2-8H,1H3,(H,19,20). The topological polar surface area (TPSA) is 46.5 Å². The summed E-state index contributed by atoms with van der Waals surface area (Å²) in [6.07, 6.45) is -4.61. The van der Waals surface area contributed by atoms with E-state index < -0.39 is 23.3 Å². The van der Waals surface area contributed by atoms with E-state index in [2.05, 4.69) is 0 Å². The predicted octanol–water partition coefficient (Wildman–Crippen LogP) is 4.50. The minimum atomic E-state index is -4.61. The van der Waals surface area contributed by atoms with Crippen LogP contribution < -0.4 is 4.74 Å². The Labute approximate surface area is 118 Å². The molecule has 2 aromatic carbocycles. The largest absolute Gasteiger partial charge is 0.478 e. The third-order valence-corrected chi connectivity index (χ3v) is 2.85. The molecule has 2 aromatic rings. The number of carboxylic acid groups (broad SMARTS) is 1. The Kier molecular flexibility index (Phi) is 3.88. The summed E-state index contributed by atoms with van der Waals surface area (Å²) in [5, 5.41) is 9.06. The highest BCUT2D eigenvalue weighted by Crippen LogP contribution is 2.34. The second kappa shape index (κ2) is 5.47. The summed E-state index contributed by atoms with van der Waals surface area (Å²) in [5.41, 5.74) is -0.821. The van der Waals surface area contributed by atoms with Crippen LogP contribution in [0, 0.1) is 6.92 Å². The van der Waals surface area contributed by atoms with E-state index in [1.807, 2.05) is 0 Å². The lowest BCUT2D eigenvalue weighted by molar-refractivity contribution is -0.137. The number of para-hydroxylation sites is 1. The number of alkyl halides is 3. The van der Waals surface area contributed by atoms with Crippen molar-refractivity contribution in [1.29, 1.82) is 0 Å². The zero-order chi connectivity index (χ0) is 15.6. The third kappa shape index (κ3) is 3.34. The van der Waals surface area contributed by atoms with Gasteiger partial charge in [0.05, 0.1) is 5.56 Å². The molecule has 0 aromatic heterocycles. The Morgan fingerprint density at radius 1 is 1.10 bits per heavy atom. The summed E-state index contributed by atoms with van der Waals surface area (Å²) in [7, 11) is 0. The first-order valence-corrected chi connectivity index (χ1v) is 5.97. The maximum Gasteiger partial charge on any atom is 0.416 e. The van der Waals surface area contributed by atoms with Crippen molar-refractivity contribution < 1.29 is 27.8 Å². The van der Waals surface area contributed by atoms with E-state index in [9.17, 15) is 18.0 Å². The van der Waals surface area contributed by atoms with E-state index in [-0.39, 0.29) is 5.75 Å². The molecule has 6 heteroatoms. The number of carbonyl (C=O) groups is 1. The molecular weight excluding hydrogens is 285 g/mol. The van der Waals surface area contributed by atoms with Gasteiger partial charge in [-0.3, -0.25) is 0 Å². The second-order valence-electron chi connectivity index (χ2n) is 4.38. The summed E-state index contributed by atoms with van der Waals surface area (Å²) in [5.74, 6) is -1.23. The molecule has 0 heterocycles. The molecule has 0 bridgehead atoms. The van der Waals surface area contributed by atoms with Gasteiger partial charge in [-0.1, -0.05) is 18.2 Å². The fourth-order valence-electron chi connectivity index (χ4n) is 1.75. The van der Waals surface area contributed by atoms with Crippen LogP contribution >= 0.6 is 0 Å². The van der Waals surface area contributed by atoms with Crippen molar-refractivity contribution in [3.63, 3.8) is 0 Å². The molecule has 0 unspecified atom stereocenters. The number of carboxylic acids is 1. The van der Waals surface area contributed by atoms with Crippen LogP contribution in [-0.4, -0.2) is 11.1 Å². The van der Waals surface area contributed by atoms with Crippen LogP contribution in [-0.2, 0) is 6.18 Å². The van der Waals surface area contributed by atoms with Gasteiger partial charge >= 0.3 is 12.1 Å². The van der Waals surface area contributed by atoms with Gasteiger partial charge in [-0.15, -0.1) is 0 Å². The minimum absolute atomic E-state index is 0.134. The Bertz CT molecular complexity index is 678. The summed E-state index contributed by atoms with van der Waals surface area (Å²) in [4.78, 5) is 11.1. The number of ether oxygens (including phenoxy) is 1. The average molecular weight is 296 g/mol. The fourth-order valence-corrected chi connectivity index (χ4v) is 1.75. The highest BCUT2D eigenvalue weighted by Gasteiger charge is 2.32. The van der Waals surface area contributed by atoms with Crippen molar-refractivity contribution in [2.45, 2.75) is 13.1 Å². The first-order valence-electron chi connectivity index (χ1n) is 5.97. The molecule has 0 saturated heterocycles. The summed E-state index contributed by atoms with van der Waals surface area (Å²) in [6.45, 7) is 1.75. The van der Waals surface area contributed by atoms with Gasteiger partial charge in [0.2, 0.25) is 0 Å². The second-order valence-corrected chi connectivity index (χ2v) is 4.38. The van der Waals surface area contributed by atoms with Crippen LogP contribution in [0.25, 0.3) is 0 Å². The molecule has 2 rings (SSSR count). The molecule has 3 nitrogen and oxygen atoms in total. The number of hydrogen-bond donors (Lipinski definition) is 1. The number of rotatable bonds is 3. The van der Waals surface area contributed by atoms with Crippen LogP contribution in [0.4, 0.5) is 13.2 Å². The normalized spacial score (nSPS) is 11.2. The lowest BCUT2D eigenvalue weighted by Gasteiger charge is -2.13. The molecule has 0 aliphatic rings. The number of aryl methyl sites for hydroxylation is 1. The molecule has 0 radical (unpaired) electrons. The van der Waals surface area contributed by atoms with Crippen LogP contribution in [0.5, 0.6) is 11.5 Å². The maximum absolute atomic E-state index is 12.6. The SMILES string of the molecule is Cc1ccccc1Oc1ccc(C(F)(F)F)cc1C(=O)O. The smallest absolute Gasteiger partial charge is 0.416 e. The van der Waals surface area contributed by atoms with Gasteiger partial charge in [0.1, 0.15) is 17.1 Å². The summed E-state index contributed by atoms with van der Waals surface area (Å²) in [6, 6.07) is 9.19. The third-order valence-electron chi connectivity index (χ3n) is 2.85. The molecule has 0 atom stereocenters. The lowest BCUT2D eigenvalue weighted by Crippen LogP contribution is -2.08. The lowest BCUT2D eigenvalue weighted by atomic mass is 10.1. The molecule has 0 fully saturated rings. The van der Waals surface area contributed by atoms with Crippen molar-refractivity contribution in [3.05, 3.63) is 59.2 Å². The maximum atomic E-state index is 12.6. The van der Waals surface area contributed by atoms with Gasteiger partial charge < -0.3 is 9.84 Å². The van der Waals surface area contributed by atoms with E-state index in [0.29, 0.717) is 11.8 Å². The Morgan fingerprint density at radius 2 is 1.76 bits per heavy atom. The Hall–Kier alpha value is -2.50. The van der Waals surface area contributed by atoms with Crippen molar-refractivity contribution in [3.8, 4) is 11.5 Å². The molecule has 21 heavy (non-hydrogen) atoms. The van der Waals surface area contributed by atoms with Gasteiger partial charge in [0.25, 0.3) is 0 Å². The first-order chi connectivity index (χ1) is 9.79. The highest BCUT2D eigenvalue weighted by atomic mass is 19.4. The van der Waals surface area contributed by atoms with Gasteiger partial charge in [-0.05, 0) is 36.8 Å². The number of benzene rings is 2. The Balaban J connectivity index is 2.45. The molecule has 0 amide bonds. The molecule has 110 valence electrons. The first kappa shape index (κ1) is 14.9. The van der Waals surface area contributed by atoms with E-state index >= 15 is 0 Å².